The van der Waals surface area contributed by atoms with Gasteiger partial charge in [0.15, 0.2) is 5.16 Å². The second kappa shape index (κ2) is 8.37. The number of thioether (sulfide) groups is 1. The van der Waals surface area contributed by atoms with Gasteiger partial charge in [0.05, 0.1) is 23.4 Å². The Morgan fingerprint density at radius 3 is 2.86 bits per heavy atom. The number of esters is 1. The van der Waals surface area contributed by atoms with E-state index in [9.17, 15) is 4.79 Å². The summed E-state index contributed by atoms with van der Waals surface area (Å²) in [6.07, 6.45) is 4.19. The van der Waals surface area contributed by atoms with Crippen LogP contribution < -0.4 is 0 Å². The van der Waals surface area contributed by atoms with Gasteiger partial charge in [-0.3, -0.25) is 4.98 Å². The number of nitrogens with zero attached hydrogens (tertiary/aromatic N) is 4. The fraction of sp³-hybridized carbons (Fsp3) is 0.364. The summed E-state index contributed by atoms with van der Waals surface area (Å²) in [5, 5.41) is 10.6. The van der Waals surface area contributed by atoms with Crippen molar-refractivity contribution in [1.29, 1.82) is 0 Å². The Bertz CT molecular complexity index is 1070. The quantitative estimate of drug-likeness (QED) is 0.307. The fourth-order valence-electron chi connectivity index (χ4n) is 3.50. The molecule has 0 unspecified atom stereocenters. The minimum absolute atomic E-state index is 0.329. The van der Waals surface area contributed by atoms with Crippen LogP contribution in [0.4, 0.5) is 0 Å². The summed E-state index contributed by atoms with van der Waals surface area (Å²) in [5.74, 6) is 1.72. The molecule has 0 radical (unpaired) electrons. The van der Waals surface area contributed by atoms with Crippen LogP contribution in [0.15, 0.2) is 42.1 Å². The summed E-state index contributed by atoms with van der Waals surface area (Å²) in [6.45, 7) is 8.63. The van der Waals surface area contributed by atoms with E-state index in [-0.39, 0.29) is 5.97 Å². The smallest absolute Gasteiger partial charge is 0.340 e. The van der Waals surface area contributed by atoms with Gasteiger partial charge in [0.1, 0.15) is 5.82 Å². The molecule has 0 bridgehead atoms. The molecular formula is C22H24N4O2S. The third-order valence-electron chi connectivity index (χ3n) is 5.04. The topological polar surface area (TPSA) is 69.9 Å². The van der Waals surface area contributed by atoms with Crippen LogP contribution in [-0.4, -0.2) is 32.3 Å². The monoisotopic (exact) mass is 408 g/mol. The summed E-state index contributed by atoms with van der Waals surface area (Å²) in [4.78, 5) is 17.5. The number of allylic oxidation sites excluding steroid dienone is 1. The lowest BCUT2D eigenvalue weighted by Crippen LogP contribution is -2.12. The van der Waals surface area contributed by atoms with E-state index in [1.807, 2.05) is 44.2 Å². The molecule has 6 nitrogen and oxygen atoms in total. The van der Waals surface area contributed by atoms with E-state index in [0.29, 0.717) is 36.1 Å². The van der Waals surface area contributed by atoms with Gasteiger partial charge in [0, 0.05) is 23.6 Å². The first-order chi connectivity index (χ1) is 14.1. The van der Waals surface area contributed by atoms with Crippen LogP contribution in [0, 0.1) is 6.92 Å². The third kappa shape index (κ3) is 3.92. The van der Waals surface area contributed by atoms with Crippen LogP contribution in [0.2, 0.25) is 0 Å². The molecule has 150 valence electrons. The average molecular weight is 409 g/mol. The van der Waals surface area contributed by atoms with E-state index in [0.717, 1.165) is 27.4 Å². The lowest BCUT2D eigenvalue weighted by molar-refractivity contribution is 0.0524. The summed E-state index contributed by atoms with van der Waals surface area (Å²) >= 11 is 1.54. The molecule has 0 spiro atoms. The third-order valence-corrected chi connectivity index (χ3v) is 6.02. The predicted octanol–water partition coefficient (Wildman–Crippen LogP) is 4.67. The second-order valence-electron chi connectivity index (χ2n) is 7.10. The van der Waals surface area contributed by atoms with Crippen molar-refractivity contribution in [1.82, 2.24) is 19.7 Å². The molecule has 0 amide bonds. The highest BCUT2D eigenvalue weighted by molar-refractivity contribution is 7.98. The zero-order valence-corrected chi connectivity index (χ0v) is 17.5. The lowest BCUT2D eigenvalue weighted by atomic mass is 10.0. The Balaban J connectivity index is 1.69. The van der Waals surface area contributed by atoms with Gasteiger partial charge in [0.2, 0.25) is 0 Å². The van der Waals surface area contributed by atoms with Crippen LogP contribution >= 0.6 is 11.8 Å². The van der Waals surface area contributed by atoms with Gasteiger partial charge in [0.25, 0.3) is 0 Å². The van der Waals surface area contributed by atoms with Crippen molar-refractivity contribution in [2.24, 2.45) is 0 Å². The van der Waals surface area contributed by atoms with E-state index >= 15 is 0 Å². The number of rotatable bonds is 8. The number of benzene rings is 1. The van der Waals surface area contributed by atoms with Crippen molar-refractivity contribution >= 4 is 28.6 Å². The molecule has 3 aromatic rings. The molecule has 1 fully saturated rings. The molecule has 0 atom stereocenters. The Kier molecular flexibility index (Phi) is 5.67. The predicted molar refractivity (Wildman–Crippen MR) is 114 cm³/mol. The first-order valence-corrected chi connectivity index (χ1v) is 10.8. The largest absolute Gasteiger partial charge is 0.462 e. The van der Waals surface area contributed by atoms with Crippen molar-refractivity contribution in [2.75, 3.05) is 6.61 Å². The van der Waals surface area contributed by atoms with E-state index in [4.69, 9.17) is 9.72 Å². The molecule has 4 rings (SSSR count). The molecule has 0 saturated heterocycles. The minimum Gasteiger partial charge on any atom is -0.462 e. The number of carbonyl (C=O) groups is 1. The van der Waals surface area contributed by atoms with E-state index in [1.54, 1.807) is 11.8 Å². The number of carbonyl (C=O) groups excluding carboxylic acids is 1. The highest BCUT2D eigenvalue weighted by Gasteiger charge is 2.30. The number of aryl methyl sites for hydroxylation is 1. The van der Waals surface area contributed by atoms with Crippen molar-refractivity contribution in [3.63, 3.8) is 0 Å². The molecule has 2 aromatic heterocycles. The second-order valence-corrected chi connectivity index (χ2v) is 8.04. The number of aromatic nitrogens is 4. The number of hydrogen-bond acceptors (Lipinski definition) is 6. The maximum atomic E-state index is 12.7. The molecule has 0 N–H and O–H groups in total. The fourth-order valence-corrected chi connectivity index (χ4v) is 4.40. The van der Waals surface area contributed by atoms with Crippen molar-refractivity contribution in [3.05, 3.63) is 59.6 Å². The van der Waals surface area contributed by atoms with Crippen LogP contribution in [0.1, 0.15) is 53.1 Å². The highest BCUT2D eigenvalue weighted by Crippen LogP contribution is 2.40. The highest BCUT2D eigenvalue weighted by atomic mass is 32.2. The van der Waals surface area contributed by atoms with Crippen molar-refractivity contribution in [2.45, 2.75) is 50.1 Å². The lowest BCUT2D eigenvalue weighted by Gasteiger charge is -2.14. The zero-order valence-electron chi connectivity index (χ0n) is 16.7. The first-order valence-electron chi connectivity index (χ1n) is 9.86. The summed E-state index contributed by atoms with van der Waals surface area (Å²) in [5.41, 5.74) is 3.04. The number of hydrogen-bond donors (Lipinski definition) is 0. The molecule has 1 saturated carbocycles. The van der Waals surface area contributed by atoms with Crippen molar-refractivity contribution < 1.29 is 9.53 Å². The molecule has 7 heteroatoms. The van der Waals surface area contributed by atoms with E-state index < -0.39 is 0 Å². The number of ether oxygens (including phenoxy) is 1. The Labute approximate surface area is 174 Å². The molecule has 1 aromatic carbocycles. The molecule has 0 aliphatic heterocycles. The van der Waals surface area contributed by atoms with Gasteiger partial charge < -0.3 is 9.30 Å². The standard InChI is InChI=1S/C22H24N4O2S/c1-4-12-26-20(15-10-11-15)24-25-22(26)29-13-18-19(21(27)28-5-2)14(3)16-8-6-7-9-17(16)23-18/h4,6-9,15H,1,5,10-13H2,2-3H3. The number of fused-ring (bicyclic) bond motifs is 1. The molecule has 1 aliphatic carbocycles. The van der Waals surface area contributed by atoms with Crippen LogP contribution in [0.3, 0.4) is 0 Å². The number of pyridine rings is 1. The summed E-state index contributed by atoms with van der Waals surface area (Å²) in [7, 11) is 0. The van der Waals surface area contributed by atoms with Gasteiger partial charge in [-0.25, -0.2) is 4.79 Å². The van der Waals surface area contributed by atoms with Crippen LogP contribution in [-0.2, 0) is 17.0 Å². The Morgan fingerprint density at radius 2 is 2.14 bits per heavy atom. The SMILES string of the molecule is C=CCn1c(SCc2nc3ccccc3c(C)c2C(=O)OCC)nnc1C1CC1. The maximum absolute atomic E-state index is 12.7. The molecule has 2 heterocycles. The Morgan fingerprint density at radius 1 is 1.34 bits per heavy atom. The van der Waals surface area contributed by atoms with Gasteiger partial charge in [-0.05, 0) is 38.3 Å². The van der Waals surface area contributed by atoms with E-state index in [1.165, 1.54) is 12.8 Å². The molecular weight excluding hydrogens is 384 g/mol. The number of para-hydroxylation sites is 1. The summed E-state index contributed by atoms with van der Waals surface area (Å²) in [6, 6.07) is 7.87. The average Bonchev–Trinajstić information content (AvgIpc) is 3.48. The van der Waals surface area contributed by atoms with Crippen LogP contribution in [0.5, 0.6) is 0 Å². The Hall–Kier alpha value is -2.67. The first kappa shape index (κ1) is 19.6. The van der Waals surface area contributed by atoms with Gasteiger partial charge >= 0.3 is 5.97 Å². The van der Waals surface area contributed by atoms with Gasteiger partial charge in [-0.15, -0.1) is 16.8 Å². The van der Waals surface area contributed by atoms with Gasteiger partial charge in [-0.2, -0.15) is 0 Å². The molecule has 1 aliphatic rings. The molecule has 29 heavy (non-hydrogen) atoms. The summed E-state index contributed by atoms with van der Waals surface area (Å²) < 4.78 is 7.44. The van der Waals surface area contributed by atoms with E-state index in [2.05, 4.69) is 21.3 Å². The zero-order chi connectivity index (χ0) is 20.4. The maximum Gasteiger partial charge on any atom is 0.340 e. The van der Waals surface area contributed by atoms with Crippen LogP contribution in [0.25, 0.3) is 10.9 Å². The normalized spacial score (nSPS) is 13.6. The van der Waals surface area contributed by atoms with Gasteiger partial charge in [-0.1, -0.05) is 36.0 Å². The minimum atomic E-state index is -0.329. The van der Waals surface area contributed by atoms with Crippen molar-refractivity contribution in [3.8, 4) is 0 Å².